The van der Waals surface area contributed by atoms with Crippen molar-refractivity contribution >= 4 is 23.9 Å². The first kappa shape index (κ1) is 8.18. The summed E-state index contributed by atoms with van der Waals surface area (Å²) in [6.45, 7) is 0. The van der Waals surface area contributed by atoms with Gasteiger partial charge in [-0.15, -0.1) is 0 Å². The monoisotopic (exact) mass is 197 g/mol. The number of aromatic amines is 2. The van der Waals surface area contributed by atoms with Gasteiger partial charge in [0, 0.05) is 6.42 Å². The summed E-state index contributed by atoms with van der Waals surface area (Å²) in [4.78, 5) is 27.5. The van der Waals surface area contributed by atoms with Crippen LogP contribution in [0.15, 0.2) is 4.79 Å². The Balaban J connectivity index is 2.66. The molecule has 1 aliphatic heterocycles. The van der Waals surface area contributed by atoms with Crippen molar-refractivity contribution in [3.8, 4) is 0 Å². The molecule has 0 radical (unpaired) electrons. The van der Waals surface area contributed by atoms with E-state index in [4.69, 9.17) is 12.2 Å². The van der Waals surface area contributed by atoms with Gasteiger partial charge < -0.3 is 10.3 Å². The second kappa shape index (κ2) is 2.81. The second-order valence-electron chi connectivity index (χ2n) is 2.81. The van der Waals surface area contributed by atoms with Crippen molar-refractivity contribution in [3.05, 3.63) is 20.7 Å². The number of anilines is 1. The molecule has 2 heterocycles. The molecule has 13 heavy (non-hydrogen) atoms. The van der Waals surface area contributed by atoms with E-state index in [-0.39, 0.29) is 16.2 Å². The van der Waals surface area contributed by atoms with Gasteiger partial charge in [0.05, 0.1) is 5.56 Å². The highest BCUT2D eigenvalue weighted by Crippen LogP contribution is 2.14. The molecule has 5 nitrogen and oxygen atoms in total. The smallest absolute Gasteiger partial charge is 0.257 e. The molecule has 0 unspecified atom stereocenters. The number of rotatable bonds is 0. The Morgan fingerprint density at radius 1 is 1.15 bits per heavy atom. The van der Waals surface area contributed by atoms with Crippen LogP contribution in [-0.4, -0.2) is 15.9 Å². The summed E-state index contributed by atoms with van der Waals surface area (Å²) in [6.07, 6.45) is 0.809. The van der Waals surface area contributed by atoms with Gasteiger partial charge in [-0.1, -0.05) is 0 Å². The summed E-state index contributed by atoms with van der Waals surface area (Å²) in [5, 5.41) is 2.56. The Bertz CT molecular complexity index is 473. The number of nitrogens with one attached hydrogen (secondary N) is 3. The number of carbonyl (C=O) groups excluding carboxylic acids is 1. The van der Waals surface area contributed by atoms with E-state index in [0.717, 1.165) is 0 Å². The minimum Gasteiger partial charge on any atom is -0.318 e. The normalized spacial score (nSPS) is 14.9. The first-order valence-electron chi connectivity index (χ1n) is 3.82. The lowest BCUT2D eigenvalue weighted by atomic mass is 10.1. The first-order chi connectivity index (χ1) is 6.16. The average Bonchev–Trinajstić information content (AvgIpc) is 2.02. The molecule has 1 amide bonds. The number of carbonyl (C=O) groups is 1. The molecule has 0 bridgehead atoms. The Hall–Kier alpha value is -1.43. The summed E-state index contributed by atoms with van der Waals surface area (Å²) in [6, 6.07) is 0. The van der Waals surface area contributed by atoms with Crippen LogP contribution < -0.4 is 10.9 Å². The van der Waals surface area contributed by atoms with E-state index < -0.39 is 0 Å². The molecule has 2 rings (SSSR count). The van der Waals surface area contributed by atoms with Crippen molar-refractivity contribution in [1.82, 2.24) is 9.97 Å². The van der Waals surface area contributed by atoms with Gasteiger partial charge in [-0.25, -0.2) is 0 Å². The lowest BCUT2D eigenvalue weighted by Crippen LogP contribution is -2.27. The van der Waals surface area contributed by atoms with E-state index in [1.807, 2.05) is 0 Å². The molecule has 1 aromatic heterocycles. The lowest BCUT2D eigenvalue weighted by molar-refractivity contribution is -0.116. The maximum absolute atomic E-state index is 11.3. The van der Waals surface area contributed by atoms with E-state index in [2.05, 4.69) is 15.3 Å². The van der Waals surface area contributed by atoms with Gasteiger partial charge in [0.25, 0.3) is 5.56 Å². The topological polar surface area (TPSA) is 77.8 Å². The largest absolute Gasteiger partial charge is 0.318 e. The summed E-state index contributed by atoms with van der Waals surface area (Å²) in [5.74, 6) is 0.341. The highest BCUT2D eigenvalue weighted by atomic mass is 32.1. The molecular formula is C7H7N3O2S. The Kier molecular flexibility index (Phi) is 1.77. The number of H-pyrrole nitrogens is 2. The van der Waals surface area contributed by atoms with E-state index in [0.29, 0.717) is 24.2 Å². The number of fused-ring (bicyclic) bond motifs is 1. The van der Waals surface area contributed by atoms with Gasteiger partial charge >= 0.3 is 0 Å². The molecule has 0 atom stereocenters. The number of aromatic nitrogens is 2. The molecule has 0 fully saturated rings. The lowest BCUT2D eigenvalue weighted by Gasteiger charge is -2.14. The Morgan fingerprint density at radius 3 is 2.69 bits per heavy atom. The van der Waals surface area contributed by atoms with E-state index >= 15 is 0 Å². The Morgan fingerprint density at radius 2 is 1.92 bits per heavy atom. The highest BCUT2D eigenvalue weighted by molar-refractivity contribution is 7.71. The average molecular weight is 197 g/mol. The summed E-state index contributed by atoms with van der Waals surface area (Å²) in [5.41, 5.74) is 0.340. The van der Waals surface area contributed by atoms with Gasteiger partial charge in [-0.05, 0) is 18.6 Å². The van der Waals surface area contributed by atoms with Gasteiger partial charge in [-0.3, -0.25) is 14.6 Å². The van der Waals surface area contributed by atoms with Crippen LogP contribution in [0.1, 0.15) is 12.0 Å². The van der Waals surface area contributed by atoms with Crippen molar-refractivity contribution < 1.29 is 4.79 Å². The Labute approximate surface area is 78.2 Å². The van der Waals surface area contributed by atoms with Crippen LogP contribution in [0.5, 0.6) is 0 Å². The maximum Gasteiger partial charge on any atom is 0.257 e. The number of amides is 1. The summed E-state index contributed by atoms with van der Waals surface area (Å²) >= 11 is 4.76. The second-order valence-corrected chi connectivity index (χ2v) is 3.22. The van der Waals surface area contributed by atoms with Gasteiger partial charge in [-0.2, -0.15) is 0 Å². The molecule has 1 aliphatic rings. The third-order valence-electron chi connectivity index (χ3n) is 1.91. The molecule has 68 valence electrons. The van der Waals surface area contributed by atoms with Crippen molar-refractivity contribution in [1.29, 1.82) is 0 Å². The van der Waals surface area contributed by atoms with Crippen LogP contribution in [0.2, 0.25) is 0 Å². The maximum atomic E-state index is 11.3. The van der Waals surface area contributed by atoms with Crippen LogP contribution in [-0.2, 0) is 11.2 Å². The van der Waals surface area contributed by atoms with Gasteiger partial charge in [0.15, 0.2) is 4.77 Å². The van der Waals surface area contributed by atoms with Gasteiger partial charge in [0.2, 0.25) is 5.91 Å². The highest BCUT2D eigenvalue weighted by Gasteiger charge is 2.17. The first-order valence-corrected chi connectivity index (χ1v) is 4.23. The number of hydrogen-bond donors (Lipinski definition) is 3. The van der Waals surface area contributed by atoms with Crippen molar-refractivity contribution in [2.75, 3.05) is 5.32 Å². The van der Waals surface area contributed by atoms with Crippen LogP contribution in [0.25, 0.3) is 0 Å². The molecule has 1 aromatic rings. The zero-order valence-corrected chi connectivity index (χ0v) is 7.46. The zero-order valence-electron chi connectivity index (χ0n) is 6.64. The standard InChI is InChI=1S/C7H7N3O2S/c11-4-2-1-3-5(8-4)9-7(13)10-6(3)12/h1-2H2,(H3,8,9,10,11,12,13). The van der Waals surface area contributed by atoms with Crippen molar-refractivity contribution in [3.63, 3.8) is 0 Å². The molecule has 0 saturated heterocycles. The minimum atomic E-state index is -0.223. The van der Waals surface area contributed by atoms with Gasteiger partial charge in [0.1, 0.15) is 5.82 Å². The quantitative estimate of drug-likeness (QED) is 0.524. The SMILES string of the molecule is O=C1CCc2c([nH]c(=S)[nH]c2=O)N1. The third kappa shape index (κ3) is 1.40. The fourth-order valence-electron chi connectivity index (χ4n) is 1.30. The molecule has 0 saturated carbocycles. The third-order valence-corrected chi connectivity index (χ3v) is 2.11. The molecule has 3 N–H and O–H groups in total. The van der Waals surface area contributed by atoms with Crippen LogP contribution in [0, 0.1) is 4.77 Å². The summed E-state index contributed by atoms with van der Waals surface area (Å²) in [7, 11) is 0. The molecule has 0 aromatic carbocycles. The molecule has 6 heteroatoms. The van der Waals surface area contributed by atoms with E-state index in [1.165, 1.54) is 0 Å². The van der Waals surface area contributed by atoms with Crippen LogP contribution >= 0.6 is 12.2 Å². The van der Waals surface area contributed by atoms with E-state index in [9.17, 15) is 9.59 Å². The molecule has 0 aliphatic carbocycles. The summed E-state index contributed by atoms with van der Waals surface area (Å²) < 4.78 is 0.228. The minimum absolute atomic E-state index is 0.0937. The molecular weight excluding hydrogens is 190 g/mol. The fraction of sp³-hybridized carbons (Fsp3) is 0.286. The van der Waals surface area contributed by atoms with Crippen molar-refractivity contribution in [2.24, 2.45) is 0 Å². The number of hydrogen-bond acceptors (Lipinski definition) is 3. The predicted octanol–water partition coefficient (Wildman–Crippen LogP) is 0.317. The van der Waals surface area contributed by atoms with Crippen molar-refractivity contribution in [2.45, 2.75) is 12.8 Å². The fourth-order valence-corrected chi connectivity index (χ4v) is 1.49. The van der Waals surface area contributed by atoms with E-state index in [1.54, 1.807) is 0 Å². The predicted molar refractivity (Wildman–Crippen MR) is 49.2 cm³/mol. The van der Waals surface area contributed by atoms with Crippen LogP contribution in [0.4, 0.5) is 5.82 Å². The zero-order chi connectivity index (χ0) is 9.42. The van der Waals surface area contributed by atoms with Crippen LogP contribution in [0.3, 0.4) is 0 Å². The molecule has 0 spiro atoms.